The van der Waals surface area contributed by atoms with Gasteiger partial charge in [0.2, 0.25) is 0 Å². The molecular weight excluding hydrogens is 276 g/mol. The first-order chi connectivity index (χ1) is 6.54. The van der Waals surface area contributed by atoms with Crippen LogP contribution in [-0.2, 0) is 0 Å². The standard InChI is InChI=1S/C6H5BrN2O4S/c7-4-2(8-6(11)12)1-3(14-4)5(10)9-13/h1,8,13H,(H,9,10)(H,11,12). The molecule has 0 radical (unpaired) electrons. The van der Waals surface area contributed by atoms with Crippen molar-refractivity contribution in [2.45, 2.75) is 0 Å². The van der Waals surface area contributed by atoms with Crippen LogP contribution in [0.15, 0.2) is 9.85 Å². The average molecular weight is 281 g/mol. The molecule has 0 aliphatic heterocycles. The van der Waals surface area contributed by atoms with Gasteiger partial charge in [0, 0.05) is 0 Å². The zero-order chi connectivity index (χ0) is 10.7. The van der Waals surface area contributed by atoms with E-state index in [2.05, 4.69) is 21.2 Å². The van der Waals surface area contributed by atoms with Crippen LogP contribution in [0.5, 0.6) is 0 Å². The summed E-state index contributed by atoms with van der Waals surface area (Å²) in [7, 11) is 0. The largest absolute Gasteiger partial charge is 0.465 e. The van der Waals surface area contributed by atoms with Gasteiger partial charge in [0.05, 0.1) is 14.4 Å². The van der Waals surface area contributed by atoms with E-state index in [9.17, 15) is 9.59 Å². The molecule has 0 bridgehead atoms. The summed E-state index contributed by atoms with van der Waals surface area (Å²) >= 11 is 4.08. The lowest BCUT2D eigenvalue weighted by molar-refractivity contribution is 0.0711. The molecule has 14 heavy (non-hydrogen) atoms. The fraction of sp³-hybridized carbons (Fsp3) is 0. The molecule has 0 aliphatic rings. The van der Waals surface area contributed by atoms with Crippen molar-refractivity contribution >= 4 is 45.0 Å². The Morgan fingerprint density at radius 3 is 2.64 bits per heavy atom. The van der Waals surface area contributed by atoms with Gasteiger partial charge in [-0.1, -0.05) is 0 Å². The molecule has 0 atom stereocenters. The molecule has 0 aliphatic carbocycles. The van der Waals surface area contributed by atoms with E-state index in [0.29, 0.717) is 3.79 Å². The Balaban J connectivity index is 2.93. The normalized spacial score (nSPS) is 9.57. The highest BCUT2D eigenvalue weighted by Gasteiger charge is 2.13. The number of halogens is 1. The first-order valence-corrected chi connectivity index (χ1v) is 4.89. The molecule has 4 N–H and O–H groups in total. The Bertz CT molecular complexity index is 378. The summed E-state index contributed by atoms with van der Waals surface area (Å²) in [6.45, 7) is 0. The van der Waals surface area contributed by atoms with Gasteiger partial charge in [-0.2, -0.15) is 0 Å². The molecule has 76 valence electrons. The highest BCUT2D eigenvalue weighted by Crippen LogP contribution is 2.32. The summed E-state index contributed by atoms with van der Waals surface area (Å²) in [5, 5.41) is 18.8. The molecule has 0 saturated heterocycles. The van der Waals surface area contributed by atoms with E-state index in [1.807, 2.05) is 0 Å². The summed E-state index contributed by atoms with van der Waals surface area (Å²) in [6, 6.07) is 1.31. The van der Waals surface area contributed by atoms with Gasteiger partial charge in [0.1, 0.15) is 0 Å². The third-order valence-corrected chi connectivity index (χ3v) is 3.09. The second-order valence-electron chi connectivity index (χ2n) is 2.17. The lowest BCUT2D eigenvalue weighted by Gasteiger charge is -1.95. The Morgan fingerprint density at radius 1 is 1.50 bits per heavy atom. The van der Waals surface area contributed by atoms with Gasteiger partial charge >= 0.3 is 6.09 Å². The minimum atomic E-state index is -1.22. The van der Waals surface area contributed by atoms with E-state index in [-0.39, 0.29) is 10.6 Å². The predicted octanol–water partition coefficient (Wildman–Crippen LogP) is 1.72. The van der Waals surface area contributed by atoms with Crippen molar-refractivity contribution in [1.82, 2.24) is 5.48 Å². The van der Waals surface area contributed by atoms with Crippen molar-refractivity contribution in [1.29, 1.82) is 0 Å². The van der Waals surface area contributed by atoms with Gasteiger partial charge in [-0.25, -0.2) is 10.3 Å². The van der Waals surface area contributed by atoms with Crippen LogP contribution in [0.25, 0.3) is 0 Å². The lowest BCUT2D eigenvalue weighted by Crippen LogP contribution is -2.17. The Morgan fingerprint density at radius 2 is 2.14 bits per heavy atom. The quantitative estimate of drug-likeness (QED) is 0.490. The predicted molar refractivity (Wildman–Crippen MR) is 52.9 cm³/mol. The molecule has 1 heterocycles. The van der Waals surface area contributed by atoms with E-state index >= 15 is 0 Å². The number of carboxylic acid groups (broad SMARTS) is 1. The van der Waals surface area contributed by atoms with Crippen molar-refractivity contribution in [3.63, 3.8) is 0 Å². The molecule has 0 aromatic carbocycles. The van der Waals surface area contributed by atoms with Gasteiger partial charge in [0.25, 0.3) is 5.91 Å². The monoisotopic (exact) mass is 280 g/mol. The SMILES string of the molecule is O=C(O)Nc1cc(C(=O)NO)sc1Br. The summed E-state index contributed by atoms with van der Waals surface area (Å²) in [5.74, 6) is -0.686. The first kappa shape index (κ1) is 11.0. The highest BCUT2D eigenvalue weighted by atomic mass is 79.9. The zero-order valence-electron chi connectivity index (χ0n) is 6.57. The third-order valence-electron chi connectivity index (χ3n) is 1.25. The van der Waals surface area contributed by atoms with Crippen molar-refractivity contribution in [2.75, 3.05) is 5.32 Å². The van der Waals surface area contributed by atoms with Gasteiger partial charge in [-0.3, -0.25) is 15.3 Å². The zero-order valence-corrected chi connectivity index (χ0v) is 8.98. The summed E-state index contributed by atoms with van der Waals surface area (Å²) in [4.78, 5) is 21.4. The van der Waals surface area contributed by atoms with Crippen LogP contribution < -0.4 is 10.8 Å². The van der Waals surface area contributed by atoms with Gasteiger partial charge in [-0.05, 0) is 22.0 Å². The minimum absolute atomic E-state index is 0.197. The smallest absolute Gasteiger partial charge is 0.409 e. The van der Waals surface area contributed by atoms with Gasteiger partial charge in [-0.15, -0.1) is 11.3 Å². The fourth-order valence-corrected chi connectivity index (χ4v) is 2.20. The molecule has 0 spiro atoms. The number of hydroxylamine groups is 1. The van der Waals surface area contributed by atoms with Crippen LogP contribution in [-0.4, -0.2) is 22.3 Å². The van der Waals surface area contributed by atoms with Crippen LogP contribution >= 0.6 is 27.3 Å². The molecule has 6 nitrogen and oxygen atoms in total. The number of hydrogen-bond acceptors (Lipinski definition) is 4. The van der Waals surface area contributed by atoms with Crippen molar-refractivity contribution in [3.05, 3.63) is 14.7 Å². The molecule has 0 unspecified atom stereocenters. The number of carbonyl (C=O) groups is 2. The highest BCUT2D eigenvalue weighted by molar-refractivity contribution is 9.11. The molecule has 1 aromatic rings. The van der Waals surface area contributed by atoms with Gasteiger partial charge < -0.3 is 5.11 Å². The first-order valence-electron chi connectivity index (χ1n) is 3.28. The van der Waals surface area contributed by atoms with Crippen LogP contribution in [0.4, 0.5) is 10.5 Å². The molecule has 0 fully saturated rings. The molecule has 1 rings (SSSR count). The van der Waals surface area contributed by atoms with Gasteiger partial charge in [0.15, 0.2) is 0 Å². The summed E-state index contributed by atoms with van der Waals surface area (Å²) in [5.41, 5.74) is 1.72. The second-order valence-corrected chi connectivity index (χ2v) is 4.54. The minimum Gasteiger partial charge on any atom is -0.465 e. The van der Waals surface area contributed by atoms with E-state index in [4.69, 9.17) is 10.3 Å². The molecular formula is C6H5BrN2O4S. The van der Waals surface area contributed by atoms with E-state index < -0.39 is 12.0 Å². The third kappa shape index (κ3) is 2.44. The Labute approximate surface area is 90.6 Å². The van der Waals surface area contributed by atoms with Crippen LogP contribution in [0.2, 0.25) is 0 Å². The van der Waals surface area contributed by atoms with Crippen molar-refractivity contribution < 1.29 is 19.9 Å². The average Bonchev–Trinajstić information content (AvgIpc) is 2.46. The van der Waals surface area contributed by atoms with Crippen LogP contribution in [0.3, 0.4) is 0 Å². The Hall–Kier alpha value is -1.12. The van der Waals surface area contributed by atoms with Crippen LogP contribution in [0.1, 0.15) is 9.67 Å². The molecule has 0 saturated carbocycles. The molecule has 8 heteroatoms. The number of nitrogens with one attached hydrogen (secondary N) is 2. The summed E-state index contributed by atoms with van der Waals surface area (Å²) in [6.07, 6.45) is -1.22. The number of thiophene rings is 1. The maximum absolute atomic E-state index is 10.9. The number of rotatable bonds is 2. The number of anilines is 1. The topological polar surface area (TPSA) is 98.7 Å². The molecule has 1 aromatic heterocycles. The van der Waals surface area contributed by atoms with E-state index in [1.54, 1.807) is 0 Å². The fourth-order valence-electron chi connectivity index (χ4n) is 0.736. The summed E-state index contributed by atoms with van der Waals surface area (Å²) < 4.78 is 0.471. The second kappa shape index (κ2) is 4.40. The van der Waals surface area contributed by atoms with Crippen molar-refractivity contribution in [2.24, 2.45) is 0 Å². The number of carbonyl (C=O) groups excluding carboxylic acids is 1. The number of hydrogen-bond donors (Lipinski definition) is 4. The van der Waals surface area contributed by atoms with Crippen molar-refractivity contribution in [3.8, 4) is 0 Å². The van der Waals surface area contributed by atoms with E-state index in [1.165, 1.54) is 11.5 Å². The van der Waals surface area contributed by atoms with Crippen LogP contribution in [0, 0.1) is 0 Å². The van der Waals surface area contributed by atoms with E-state index in [0.717, 1.165) is 11.3 Å². The lowest BCUT2D eigenvalue weighted by atomic mass is 10.4. The Kier molecular flexibility index (Phi) is 3.44. The maximum Gasteiger partial charge on any atom is 0.409 e. The molecule has 2 amide bonds. The number of amides is 2. The maximum atomic E-state index is 10.9.